The van der Waals surface area contributed by atoms with Gasteiger partial charge >= 0.3 is 12.1 Å². The first-order valence-corrected chi connectivity index (χ1v) is 11.3. The summed E-state index contributed by atoms with van der Waals surface area (Å²) in [7, 11) is 0. The number of cyclic esters (lactones) is 1. The van der Waals surface area contributed by atoms with Crippen molar-refractivity contribution in [1.29, 1.82) is 5.26 Å². The van der Waals surface area contributed by atoms with Crippen LogP contribution in [0.4, 0.5) is 24.5 Å². The number of alkyl halides is 3. The third kappa shape index (κ3) is 3.31. The Morgan fingerprint density at radius 2 is 1.88 bits per heavy atom. The predicted molar refractivity (Wildman–Crippen MR) is 118 cm³/mol. The number of ether oxygens (including phenoxy) is 1. The Hall–Kier alpha value is -3.26. The Labute approximate surface area is 198 Å². The van der Waals surface area contributed by atoms with Crippen LogP contribution in [0.25, 0.3) is 0 Å². The van der Waals surface area contributed by atoms with Crippen LogP contribution in [0.5, 0.6) is 0 Å². The number of rotatable bonds is 2. The van der Waals surface area contributed by atoms with Gasteiger partial charge in [0.1, 0.15) is 18.2 Å². The van der Waals surface area contributed by atoms with Gasteiger partial charge in [0.05, 0.1) is 23.0 Å². The summed E-state index contributed by atoms with van der Waals surface area (Å²) >= 11 is 4.69. The molecule has 1 atom stereocenters. The molecule has 1 aromatic carbocycles. The molecule has 0 N–H and O–H groups in total. The van der Waals surface area contributed by atoms with E-state index in [1.54, 1.807) is 18.2 Å². The number of amides is 1. The summed E-state index contributed by atoms with van der Waals surface area (Å²) in [6, 6.07) is 7.35. The van der Waals surface area contributed by atoms with Crippen molar-refractivity contribution in [1.82, 2.24) is 4.98 Å². The molecule has 1 aliphatic carbocycles. The molecule has 0 bridgehead atoms. The molecule has 11 heteroatoms. The fourth-order valence-electron chi connectivity index (χ4n) is 5.15. The number of benzene rings is 1. The first-order valence-electron chi connectivity index (χ1n) is 10.8. The third-order valence-electron chi connectivity index (χ3n) is 6.73. The van der Waals surface area contributed by atoms with Gasteiger partial charge in [0.25, 0.3) is 5.91 Å². The van der Waals surface area contributed by atoms with E-state index < -0.39 is 34.4 Å². The molecule has 3 heterocycles. The minimum absolute atomic E-state index is 0.0801. The highest BCUT2D eigenvalue weighted by Crippen LogP contribution is 2.48. The van der Waals surface area contributed by atoms with Crippen molar-refractivity contribution in [3.63, 3.8) is 0 Å². The Kier molecular flexibility index (Phi) is 5.24. The molecule has 0 radical (unpaired) electrons. The summed E-state index contributed by atoms with van der Waals surface area (Å²) in [5.41, 5.74) is -2.19. The average molecular weight is 488 g/mol. The second kappa shape index (κ2) is 7.91. The van der Waals surface area contributed by atoms with E-state index in [9.17, 15) is 22.8 Å². The molecule has 7 nitrogen and oxygen atoms in total. The SMILES string of the molecule is N#Cc1ncc(N2C(=O)C3(CCCCC3)N(c3ccc4c(c3)COC4=O)C2S)cc1C(F)(F)F. The molecule has 2 fully saturated rings. The molecule has 3 aliphatic rings. The number of nitrogens with zero attached hydrogens (tertiary/aromatic N) is 4. The lowest BCUT2D eigenvalue weighted by Gasteiger charge is -2.41. The number of aromatic nitrogens is 1. The number of hydrogen-bond donors (Lipinski definition) is 1. The van der Waals surface area contributed by atoms with Gasteiger partial charge in [-0.3, -0.25) is 9.69 Å². The molecule has 5 rings (SSSR count). The van der Waals surface area contributed by atoms with Crippen LogP contribution < -0.4 is 9.80 Å². The van der Waals surface area contributed by atoms with Crippen LogP contribution in [0.2, 0.25) is 0 Å². The zero-order chi connectivity index (χ0) is 24.3. The first kappa shape index (κ1) is 22.5. The van der Waals surface area contributed by atoms with Crippen LogP contribution >= 0.6 is 12.6 Å². The van der Waals surface area contributed by atoms with Gasteiger partial charge in [0, 0.05) is 11.3 Å². The number of halogens is 3. The maximum absolute atomic E-state index is 13.9. The summed E-state index contributed by atoms with van der Waals surface area (Å²) in [6.07, 6.45) is -0.167. The summed E-state index contributed by atoms with van der Waals surface area (Å²) in [5, 5.41) is 9.08. The van der Waals surface area contributed by atoms with Gasteiger partial charge in [-0.05, 0) is 37.1 Å². The molecule has 1 aromatic heterocycles. The maximum Gasteiger partial charge on any atom is 0.419 e. The summed E-state index contributed by atoms with van der Waals surface area (Å²) in [5.74, 6) is -0.779. The molecule has 176 valence electrons. The number of hydrogen-bond acceptors (Lipinski definition) is 7. The number of esters is 1. The Morgan fingerprint density at radius 1 is 1.15 bits per heavy atom. The Bertz CT molecular complexity index is 1240. The fourth-order valence-corrected chi connectivity index (χ4v) is 5.74. The van der Waals surface area contributed by atoms with E-state index in [1.165, 1.54) is 11.0 Å². The molecule has 1 amide bonds. The smallest absolute Gasteiger partial charge is 0.419 e. The van der Waals surface area contributed by atoms with Crippen molar-refractivity contribution in [2.45, 2.75) is 55.9 Å². The van der Waals surface area contributed by atoms with Crippen molar-refractivity contribution in [2.24, 2.45) is 0 Å². The number of thiol groups is 1. The second-order valence-corrected chi connectivity index (χ2v) is 9.06. The molecule has 1 saturated carbocycles. The van der Waals surface area contributed by atoms with Crippen LogP contribution in [0.3, 0.4) is 0 Å². The van der Waals surface area contributed by atoms with Crippen molar-refractivity contribution in [3.8, 4) is 6.07 Å². The van der Waals surface area contributed by atoms with Crippen molar-refractivity contribution < 1.29 is 27.5 Å². The Morgan fingerprint density at radius 3 is 2.56 bits per heavy atom. The molecule has 1 spiro atoms. The van der Waals surface area contributed by atoms with Gasteiger partial charge in [-0.25, -0.2) is 9.78 Å². The van der Waals surface area contributed by atoms with E-state index in [-0.39, 0.29) is 18.2 Å². The summed E-state index contributed by atoms with van der Waals surface area (Å²) < 4.78 is 45.8. The van der Waals surface area contributed by atoms with Gasteiger partial charge in [0.15, 0.2) is 11.2 Å². The molecule has 2 aromatic rings. The third-order valence-corrected chi connectivity index (χ3v) is 7.19. The molecule has 1 saturated heterocycles. The zero-order valence-electron chi connectivity index (χ0n) is 17.8. The number of anilines is 2. The molecule has 2 aliphatic heterocycles. The van der Waals surface area contributed by atoms with E-state index in [0.717, 1.165) is 31.5 Å². The monoisotopic (exact) mass is 488 g/mol. The molecule has 34 heavy (non-hydrogen) atoms. The highest BCUT2D eigenvalue weighted by atomic mass is 32.1. The minimum atomic E-state index is -4.81. The van der Waals surface area contributed by atoms with Crippen molar-refractivity contribution in [3.05, 3.63) is 52.8 Å². The van der Waals surface area contributed by atoms with E-state index in [4.69, 9.17) is 10.00 Å². The topological polar surface area (TPSA) is 86.5 Å². The highest BCUT2D eigenvalue weighted by Gasteiger charge is 2.57. The number of carbonyl (C=O) groups excluding carboxylic acids is 2. The van der Waals surface area contributed by atoms with Gasteiger partial charge in [-0.2, -0.15) is 18.4 Å². The predicted octanol–water partition coefficient (Wildman–Crippen LogP) is 4.41. The van der Waals surface area contributed by atoms with Gasteiger partial charge in [-0.1, -0.05) is 19.3 Å². The van der Waals surface area contributed by atoms with Crippen LogP contribution in [0.15, 0.2) is 30.5 Å². The fraction of sp³-hybridized carbons (Fsp3) is 0.391. The first-order chi connectivity index (χ1) is 16.2. The number of nitriles is 1. The minimum Gasteiger partial charge on any atom is -0.457 e. The van der Waals surface area contributed by atoms with Crippen molar-refractivity contribution in [2.75, 3.05) is 9.80 Å². The second-order valence-electron chi connectivity index (χ2n) is 8.60. The van der Waals surface area contributed by atoms with Gasteiger partial charge in [0.2, 0.25) is 0 Å². The van der Waals surface area contributed by atoms with Gasteiger partial charge in [-0.15, -0.1) is 12.6 Å². The van der Waals surface area contributed by atoms with Crippen molar-refractivity contribution >= 4 is 35.9 Å². The number of carbonyl (C=O) groups is 2. The van der Waals surface area contributed by atoms with E-state index in [0.29, 0.717) is 29.7 Å². The van der Waals surface area contributed by atoms with Gasteiger partial charge < -0.3 is 9.64 Å². The molecular weight excluding hydrogens is 469 g/mol. The lowest BCUT2D eigenvalue weighted by atomic mass is 9.80. The lowest BCUT2D eigenvalue weighted by molar-refractivity contribution is -0.138. The largest absolute Gasteiger partial charge is 0.457 e. The van der Waals surface area contributed by atoms with E-state index in [1.807, 2.05) is 4.90 Å². The van der Waals surface area contributed by atoms with Crippen LogP contribution in [-0.4, -0.2) is 27.9 Å². The highest BCUT2D eigenvalue weighted by molar-refractivity contribution is 7.81. The van der Waals surface area contributed by atoms with E-state index in [2.05, 4.69) is 17.6 Å². The number of fused-ring (bicyclic) bond motifs is 1. The Balaban J connectivity index is 1.63. The summed E-state index contributed by atoms with van der Waals surface area (Å²) in [4.78, 5) is 32.5. The van der Waals surface area contributed by atoms with Crippen LogP contribution in [0.1, 0.15) is 59.3 Å². The normalized spacial score (nSPS) is 21.6. The molecular formula is C23H19F3N4O3S. The summed E-state index contributed by atoms with van der Waals surface area (Å²) in [6.45, 7) is 0.117. The standard InChI is InChI=1S/C23H19F3N4O3S/c24-23(25,26)17-9-15(11-28-18(17)10-27)29-20(32)22(6-2-1-3-7-22)30(21(29)34)14-4-5-16-13(8-14)12-33-19(16)31/h4-5,8-9,11,21,34H,1-3,6-7,12H2. The quantitative estimate of drug-likeness (QED) is 0.498. The van der Waals surface area contributed by atoms with Crippen LogP contribution in [0, 0.1) is 11.3 Å². The average Bonchev–Trinajstić information content (AvgIpc) is 3.28. The zero-order valence-corrected chi connectivity index (χ0v) is 18.7. The molecule has 1 unspecified atom stereocenters. The number of pyridine rings is 1. The van der Waals surface area contributed by atoms with E-state index >= 15 is 0 Å². The lowest BCUT2D eigenvalue weighted by Crippen LogP contribution is -2.51. The van der Waals surface area contributed by atoms with Crippen LogP contribution in [-0.2, 0) is 22.3 Å². The maximum atomic E-state index is 13.9.